The fraction of sp³-hybridized carbons (Fsp3) is 0.286. The number of benzene rings is 1. The quantitative estimate of drug-likeness (QED) is 0.888. The van der Waals surface area contributed by atoms with Crippen LogP contribution in [0.15, 0.2) is 16.6 Å². The molecule has 0 aliphatic carbocycles. The van der Waals surface area contributed by atoms with Gasteiger partial charge in [0.25, 0.3) is 5.91 Å². The molecular weight excluding hydrogens is 339 g/mol. The molecule has 1 amide bonds. The van der Waals surface area contributed by atoms with Crippen LogP contribution >= 0.6 is 15.9 Å². The zero-order chi connectivity index (χ0) is 15.7. The second-order valence-electron chi connectivity index (χ2n) is 4.70. The van der Waals surface area contributed by atoms with Crippen molar-refractivity contribution in [2.24, 2.45) is 0 Å². The van der Waals surface area contributed by atoms with Crippen molar-refractivity contribution in [2.45, 2.75) is 27.3 Å². The Morgan fingerprint density at radius 1 is 1.48 bits per heavy atom. The van der Waals surface area contributed by atoms with Crippen molar-refractivity contribution in [3.63, 3.8) is 0 Å². The highest BCUT2D eigenvalue weighted by atomic mass is 79.9. The first-order valence-electron chi connectivity index (χ1n) is 6.45. The van der Waals surface area contributed by atoms with Gasteiger partial charge < -0.3 is 11.1 Å². The molecule has 0 bridgehead atoms. The third-order valence-electron chi connectivity index (χ3n) is 3.20. The third-order valence-corrected chi connectivity index (χ3v) is 3.81. The molecule has 5 nitrogen and oxygen atoms in total. The van der Waals surface area contributed by atoms with Crippen LogP contribution in [0.2, 0.25) is 0 Å². The predicted molar refractivity (Wildman–Crippen MR) is 83.8 cm³/mol. The Kier molecular flexibility index (Phi) is 4.32. The van der Waals surface area contributed by atoms with Gasteiger partial charge in [-0.05, 0) is 54.4 Å². The van der Waals surface area contributed by atoms with Gasteiger partial charge in [-0.3, -0.25) is 9.48 Å². The summed E-state index contributed by atoms with van der Waals surface area (Å²) in [5, 5.41) is 6.88. The fourth-order valence-corrected chi connectivity index (χ4v) is 2.48. The molecule has 0 unspecified atom stereocenters. The summed E-state index contributed by atoms with van der Waals surface area (Å²) in [5.74, 6) is -0.844. The van der Waals surface area contributed by atoms with Gasteiger partial charge >= 0.3 is 0 Å². The zero-order valence-electron chi connectivity index (χ0n) is 12.0. The summed E-state index contributed by atoms with van der Waals surface area (Å²) in [6.45, 7) is 5.91. The van der Waals surface area contributed by atoms with Crippen LogP contribution in [0, 0.1) is 19.7 Å². The van der Waals surface area contributed by atoms with E-state index >= 15 is 0 Å². The molecule has 0 fully saturated rings. The van der Waals surface area contributed by atoms with Gasteiger partial charge in [-0.25, -0.2) is 4.39 Å². The third kappa shape index (κ3) is 2.92. The number of aromatic nitrogens is 2. The van der Waals surface area contributed by atoms with Gasteiger partial charge in [-0.15, -0.1) is 0 Å². The first-order valence-corrected chi connectivity index (χ1v) is 7.24. The minimum atomic E-state index is -0.441. The number of halogens is 2. The number of carbonyl (C=O) groups excluding carboxylic acids is 1. The molecule has 2 rings (SSSR count). The van der Waals surface area contributed by atoms with Gasteiger partial charge in [-0.2, -0.15) is 5.10 Å². The molecule has 0 saturated carbocycles. The lowest BCUT2D eigenvalue weighted by atomic mass is 10.2. The molecule has 7 heteroatoms. The first-order chi connectivity index (χ1) is 9.85. The predicted octanol–water partition coefficient (Wildman–Crippen LogP) is 3.26. The molecule has 112 valence electrons. The van der Waals surface area contributed by atoms with Gasteiger partial charge in [0.1, 0.15) is 11.5 Å². The smallest absolute Gasteiger partial charge is 0.276 e. The molecule has 0 spiro atoms. The standard InChI is InChI=1S/C14H16BrFN4O/c1-4-20-13(12(17)8(3)19-20)14(21)18-11-6-10(16)9(15)5-7(11)2/h5-6H,4,17H2,1-3H3,(H,18,21). The highest BCUT2D eigenvalue weighted by molar-refractivity contribution is 9.10. The lowest BCUT2D eigenvalue weighted by molar-refractivity contribution is 0.101. The van der Waals surface area contributed by atoms with Crippen LogP contribution in [0.3, 0.4) is 0 Å². The van der Waals surface area contributed by atoms with Crippen molar-refractivity contribution in [2.75, 3.05) is 11.1 Å². The lowest BCUT2D eigenvalue weighted by Gasteiger charge is -2.11. The molecular formula is C14H16BrFN4O. The number of carbonyl (C=O) groups is 1. The maximum atomic E-state index is 13.6. The van der Waals surface area contributed by atoms with E-state index in [0.717, 1.165) is 5.56 Å². The van der Waals surface area contributed by atoms with E-state index in [4.69, 9.17) is 5.73 Å². The van der Waals surface area contributed by atoms with Crippen LogP contribution in [0.5, 0.6) is 0 Å². The Morgan fingerprint density at radius 3 is 2.76 bits per heavy atom. The van der Waals surface area contributed by atoms with E-state index in [0.29, 0.717) is 28.1 Å². The molecule has 0 saturated heterocycles. The van der Waals surface area contributed by atoms with Gasteiger partial charge in [0.05, 0.1) is 15.9 Å². The van der Waals surface area contributed by atoms with Crippen LogP contribution < -0.4 is 11.1 Å². The number of amides is 1. The van der Waals surface area contributed by atoms with Crippen LogP contribution in [0.25, 0.3) is 0 Å². The molecule has 0 aliphatic heterocycles. The van der Waals surface area contributed by atoms with Crippen LogP contribution in [0.1, 0.15) is 28.7 Å². The number of anilines is 2. The van der Waals surface area contributed by atoms with Gasteiger partial charge in [0, 0.05) is 12.2 Å². The second-order valence-corrected chi connectivity index (χ2v) is 5.55. The average molecular weight is 355 g/mol. The molecule has 1 heterocycles. The van der Waals surface area contributed by atoms with E-state index in [1.54, 1.807) is 19.9 Å². The van der Waals surface area contributed by atoms with E-state index in [1.807, 2.05) is 6.92 Å². The number of aryl methyl sites for hydroxylation is 3. The number of nitrogen functional groups attached to an aromatic ring is 1. The number of nitrogens with zero attached hydrogens (tertiary/aromatic N) is 2. The molecule has 3 N–H and O–H groups in total. The monoisotopic (exact) mass is 354 g/mol. The van der Waals surface area contributed by atoms with E-state index < -0.39 is 11.7 Å². The summed E-state index contributed by atoms with van der Waals surface area (Å²) in [6, 6.07) is 2.88. The number of rotatable bonds is 3. The Morgan fingerprint density at radius 2 is 2.14 bits per heavy atom. The normalized spacial score (nSPS) is 10.7. The summed E-state index contributed by atoms with van der Waals surface area (Å²) >= 11 is 3.11. The molecule has 2 aromatic rings. The van der Waals surface area contributed by atoms with E-state index in [1.165, 1.54) is 10.7 Å². The van der Waals surface area contributed by atoms with Crippen LogP contribution in [-0.4, -0.2) is 15.7 Å². The SMILES string of the molecule is CCn1nc(C)c(N)c1C(=O)Nc1cc(F)c(Br)cc1C. The molecule has 0 aliphatic rings. The van der Waals surface area contributed by atoms with Crippen molar-refractivity contribution >= 4 is 33.2 Å². The van der Waals surface area contributed by atoms with E-state index in [9.17, 15) is 9.18 Å². The Balaban J connectivity index is 2.37. The Labute approximate surface area is 130 Å². The minimum absolute atomic E-state index is 0.290. The van der Waals surface area contributed by atoms with Gasteiger partial charge in [-0.1, -0.05) is 0 Å². The summed E-state index contributed by atoms with van der Waals surface area (Å²) in [4.78, 5) is 12.4. The van der Waals surface area contributed by atoms with Crippen molar-refractivity contribution in [1.82, 2.24) is 9.78 Å². The van der Waals surface area contributed by atoms with Crippen molar-refractivity contribution < 1.29 is 9.18 Å². The highest BCUT2D eigenvalue weighted by Gasteiger charge is 2.20. The molecule has 1 aromatic heterocycles. The number of nitrogens with one attached hydrogen (secondary N) is 1. The Hall–Kier alpha value is -1.89. The highest BCUT2D eigenvalue weighted by Crippen LogP contribution is 2.25. The molecule has 0 radical (unpaired) electrons. The summed E-state index contributed by atoms with van der Waals surface area (Å²) in [7, 11) is 0. The second kappa shape index (κ2) is 5.85. The Bertz CT molecular complexity index is 711. The average Bonchev–Trinajstić information content (AvgIpc) is 2.71. The summed E-state index contributed by atoms with van der Waals surface area (Å²) in [5.41, 5.74) is 8.27. The van der Waals surface area contributed by atoms with Crippen molar-refractivity contribution in [3.8, 4) is 0 Å². The number of nitrogens with two attached hydrogens (primary N) is 1. The maximum absolute atomic E-state index is 13.6. The number of hydrogen-bond acceptors (Lipinski definition) is 3. The maximum Gasteiger partial charge on any atom is 0.276 e. The zero-order valence-corrected chi connectivity index (χ0v) is 13.6. The summed E-state index contributed by atoms with van der Waals surface area (Å²) < 4.78 is 15.5. The van der Waals surface area contributed by atoms with Crippen LogP contribution in [-0.2, 0) is 6.54 Å². The minimum Gasteiger partial charge on any atom is -0.395 e. The number of hydrogen-bond donors (Lipinski definition) is 2. The van der Waals surface area contributed by atoms with Gasteiger partial charge in [0.15, 0.2) is 0 Å². The van der Waals surface area contributed by atoms with Crippen molar-refractivity contribution in [3.05, 3.63) is 39.4 Å². The molecule has 21 heavy (non-hydrogen) atoms. The van der Waals surface area contributed by atoms with Crippen LogP contribution in [0.4, 0.5) is 15.8 Å². The van der Waals surface area contributed by atoms with E-state index in [2.05, 4.69) is 26.3 Å². The van der Waals surface area contributed by atoms with Crippen molar-refractivity contribution in [1.29, 1.82) is 0 Å². The topological polar surface area (TPSA) is 72.9 Å². The van der Waals surface area contributed by atoms with E-state index in [-0.39, 0.29) is 5.69 Å². The first kappa shape index (κ1) is 15.5. The fourth-order valence-electron chi connectivity index (χ4n) is 2.03. The van der Waals surface area contributed by atoms with Gasteiger partial charge in [0.2, 0.25) is 0 Å². The summed E-state index contributed by atoms with van der Waals surface area (Å²) in [6.07, 6.45) is 0. The molecule has 0 atom stereocenters. The largest absolute Gasteiger partial charge is 0.395 e. The molecule has 1 aromatic carbocycles. The lowest BCUT2D eigenvalue weighted by Crippen LogP contribution is -2.19.